The third kappa shape index (κ3) is 3.43. The lowest BCUT2D eigenvalue weighted by Gasteiger charge is -2.36. The fourth-order valence-electron chi connectivity index (χ4n) is 3.11. The molecule has 6 heteroatoms. The Hall–Kier alpha value is -0.590. The molecule has 1 aliphatic carbocycles. The van der Waals surface area contributed by atoms with E-state index < -0.39 is 0 Å². The third-order valence-electron chi connectivity index (χ3n) is 4.39. The number of fused-ring (bicyclic) bond motifs is 1. The molecule has 0 bridgehead atoms. The number of hydrogen-bond acceptors (Lipinski definition) is 4. The molecule has 3 rings (SSSR count). The highest BCUT2D eigenvalue weighted by molar-refractivity contribution is 9.10. The van der Waals surface area contributed by atoms with Crippen molar-refractivity contribution in [2.24, 2.45) is 0 Å². The van der Waals surface area contributed by atoms with Gasteiger partial charge in [-0.2, -0.15) is 11.8 Å². The van der Waals surface area contributed by atoms with Crippen LogP contribution in [0.1, 0.15) is 37.8 Å². The third-order valence-corrected chi connectivity index (χ3v) is 6.22. The number of aromatic nitrogens is 3. The minimum atomic E-state index is 0.431. The van der Waals surface area contributed by atoms with Crippen LogP contribution in [-0.4, -0.2) is 31.9 Å². The van der Waals surface area contributed by atoms with Crippen molar-refractivity contribution in [3.63, 3.8) is 0 Å². The van der Waals surface area contributed by atoms with Crippen LogP contribution in [0.2, 0.25) is 0 Å². The summed E-state index contributed by atoms with van der Waals surface area (Å²) >= 11 is 5.45. The maximum Gasteiger partial charge on any atom is 0.155 e. The summed E-state index contributed by atoms with van der Waals surface area (Å²) in [6.07, 6.45) is 14.8. The van der Waals surface area contributed by atoms with Crippen LogP contribution in [0.25, 0.3) is 5.65 Å². The van der Waals surface area contributed by atoms with Crippen molar-refractivity contribution in [2.75, 3.05) is 12.8 Å². The van der Waals surface area contributed by atoms with Gasteiger partial charge < -0.3 is 5.32 Å². The SMILES string of the molecule is CSC1(CNCc2cnc3cnc(Br)cn23)CCCCC1. The largest absolute Gasteiger partial charge is 0.310 e. The van der Waals surface area contributed by atoms with E-state index in [2.05, 4.69) is 41.9 Å². The molecule has 0 amide bonds. The topological polar surface area (TPSA) is 42.2 Å². The molecule has 0 radical (unpaired) electrons. The van der Waals surface area contributed by atoms with E-state index in [4.69, 9.17) is 0 Å². The molecule has 0 aliphatic heterocycles. The van der Waals surface area contributed by atoms with Gasteiger partial charge >= 0.3 is 0 Å². The van der Waals surface area contributed by atoms with Gasteiger partial charge in [-0.1, -0.05) is 19.3 Å². The van der Waals surface area contributed by atoms with E-state index in [-0.39, 0.29) is 0 Å². The van der Waals surface area contributed by atoms with E-state index >= 15 is 0 Å². The first kappa shape index (κ1) is 15.3. The van der Waals surface area contributed by atoms with Gasteiger partial charge in [0.2, 0.25) is 0 Å². The number of nitrogens with one attached hydrogen (secondary N) is 1. The standard InChI is InChI=1S/C15H21BrN4S/c1-21-15(5-3-2-4-6-15)11-17-7-12-8-19-14-9-18-13(16)10-20(12)14/h8-10,17H,2-7,11H2,1H3. The monoisotopic (exact) mass is 368 g/mol. The molecule has 1 aliphatic rings. The average Bonchev–Trinajstić information content (AvgIpc) is 2.91. The van der Waals surface area contributed by atoms with Gasteiger partial charge in [0.05, 0.1) is 18.1 Å². The molecule has 1 N–H and O–H groups in total. The molecule has 0 unspecified atom stereocenters. The summed E-state index contributed by atoms with van der Waals surface area (Å²) in [5, 5.41) is 3.64. The minimum Gasteiger partial charge on any atom is -0.310 e. The zero-order chi connectivity index (χ0) is 14.7. The minimum absolute atomic E-state index is 0.431. The van der Waals surface area contributed by atoms with E-state index in [0.717, 1.165) is 23.3 Å². The van der Waals surface area contributed by atoms with Gasteiger partial charge in [0, 0.05) is 24.0 Å². The second-order valence-electron chi connectivity index (χ2n) is 5.74. The molecule has 0 atom stereocenters. The summed E-state index contributed by atoms with van der Waals surface area (Å²) in [6.45, 7) is 1.92. The first-order valence-electron chi connectivity index (χ1n) is 7.46. The highest BCUT2D eigenvalue weighted by atomic mass is 79.9. The molecular formula is C15H21BrN4S. The normalized spacial score (nSPS) is 18.2. The zero-order valence-electron chi connectivity index (χ0n) is 12.3. The Morgan fingerprint density at radius 3 is 2.86 bits per heavy atom. The molecule has 2 aromatic rings. The van der Waals surface area contributed by atoms with E-state index in [1.807, 2.05) is 24.2 Å². The Morgan fingerprint density at radius 1 is 1.29 bits per heavy atom. The van der Waals surface area contributed by atoms with Crippen LogP contribution in [0.5, 0.6) is 0 Å². The molecule has 0 aromatic carbocycles. The number of imidazole rings is 1. The van der Waals surface area contributed by atoms with Gasteiger partial charge in [-0.15, -0.1) is 0 Å². The number of hydrogen-bond donors (Lipinski definition) is 1. The Labute approximate surface area is 138 Å². The number of halogens is 1. The lowest BCUT2D eigenvalue weighted by molar-refractivity contribution is 0.378. The molecule has 4 nitrogen and oxygen atoms in total. The van der Waals surface area contributed by atoms with Crippen molar-refractivity contribution >= 4 is 33.3 Å². The highest BCUT2D eigenvalue weighted by Gasteiger charge is 2.30. The molecule has 1 fully saturated rings. The smallest absolute Gasteiger partial charge is 0.155 e. The molecule has 2 heterocycles. The molecular weight excluding hydrogens is 348 g/mol. The second-order valence-corrected chi connectivity index (χ2v) is 7.83. The van der Waals surface area contributed by atoms with E-state index in [1.165, 1.54) is 37.8 Å². The Morgan fingerprint density at radius 2 is 2.10 bits per heavy atom. The van der Waals surface area contributed by atoms with E-state index in [0.29, 0.717) is 4.75 Å². The quantitative estimate of drug-likeness (QED) is 0.874. The van der Waals surface area contributed by atoms with Crippen molar-refractivity contribution in [3.8, 4) is 0 Å². The maximum absolute atomic E-state index is 4.40. The molecule has 0 spiro atoms. The summed E-state index contributed by atoms with van der Waals surface area (Å²) in [6, 6.07) is 0. The Bertz CT molecular complexity index is 607. The van der Waals surface area contributed by atoms with Crippen molar-refractivity contribution in [1.82, 2.24) is 19.7 Å². The predicted octanol–water partition coefficient (Wildman–Crippen LogP) is 3.65. The lowest BCUT2D eigenvalue weighted by Crippen LogP contribution is -2.39. The number of thioether (sulfide) groups is 1. The first-order valence-corrected chi connectivity index (χ1v) is 9.48. The summed E-state index contributed by atoms with van der Waals surface area (Å²) in [7, 11) is 0. The van der Waals surface area contributed by atoms with Crippen LogP contribution in [0.15, 0.2) is 23.2 Å². The average molecular weight is 369 g/mol. The van der Waals surface area contributed by atoms with Crippen molar-refractivity contribution in [3.05, 3.63) is 28.9 Å². The highest BCUT2D eigenvalue weighted by Crippen LogP contribution is 2.37. The van der Waals surface area contributed by atoms with E-state index in [1.54, 1.807) is 6.20 Å². The van der Waals surface area contributed by atoms with Crippen molar-refractivity contribution in [2.45, 2.75) is 43.4 Å². The fourth-order valence-corrected chi connectivity index (χ4v) is 4.36. The Balaban J connectivity index is 1.65. The maximum atomic E-state index is 4.40. The zero-order valence-corrected chi connectivity index (χ0v) is 14.7. The van der Waals surface area contributed by atoms with Crippen LogP contribution < -0.4 is 5.32 Å². The van der Waals surface area contributed by atoms with Crippen LogP contribution in [0.4, 0.5) is 0 Å². The number of nitrogens with zero attached hydrogens (tertiary/aromatic N) is 3. The van der Waals surface area contributed by atoms with Gasteiger partial charge in [-0.25, -0.2) is 9.97 Å². The fraction of sp³-hybridized carbons (Fsp3) is 0.600. The lowest BCUT2D eigenvalue weighted by atomic mass is 9.88. The van der Waals surface area contributed by atoms with Crippen LogP contribution in [0.3, 0.4) is 0 Å². The van der Waals surface area contributed by atoms with Crippen LogP contribution in [0, 0.1) is 0 Å². The molecule has 21 heavy (non-hydrogen) atoms. The second kappa shape index (κ2) is 6.67. The summed E-state index contributed by atoms with van der Waals surface area (Å²) < 4.78 is 3.36. The predicted molar refractivity (Wildman–Crippen MR) is 91.7 cm³/mol. The van der Waals surface area contributed by atoms with Gasteiger partial charge in [0.1, 0.15) is 4.60 Å². The Kier molecular flexibility index (Phi) is 4.86. The van der Waals surface area contributed by atoms with E-state index in [9.17, 15) is 0 Å². The number of rotatable bonds is 5. The molecule has 2 aromatic heterocycles. The van der Waals surface area contributed by atoms with Gasteiger partial charge in [-0.05, 0) is 35.0 Å². The summed E-state index contributed by atoms with van der Waals surface area (Å²) in [5.41, 5.74) is 2.08. The van der Waals surface area contributed by atoms with Crippen molar-refractivity contribution in [1.29, 1.82) is 0 Å². The van der Waals surface area contributed by atoms with Crippen LogP contribution in [-0.2, 0) is 6.54 Å². The van der Waals surface area contributed by atoms with Gasteiger partial charge in [-0.3, -0.25) is 4.40 Å². The van der Waals surface area contributed by atoms with Crippen molar-refractivity contribution < 1.29 is 0 Å². The summed E-state index contributed by atoms with van der Waals surface area (Å²) in [5.74, 6) is 0. The molecule has 1 saturated carbocycles. The molecule has 114 valence electrons. The van der Waals surface area contributed by atoms with Crippen LogP contribution >= 0.6 is 27.7 Å². The van der Waals surface area contributed by atoms with Gasteiger partial charge in [0.25, 0.3) is 0 Å². The summed E-state index contributed by atoms with van der Waals surface area (Å²) in [4.78, 5) is 8.61. The first-order chi connectivity index (χ1) is 10.2. The molecule has 0 saturated heterocycles. The van der Waals surface area contributed by atoms with Gasteiger partial charge in [0.15, 0.2) is 5.65 Å².